The first-order valence-electron chi connectivity index (χ1n) is 5.16. The second kappa shape index (κ2) is 6.43. The SMILES string of the molecule is CCCC(Cl)CNC(=O)c1cncc(F)c1. The summed E-state index contributed by atoms with van der Waals surface area (Å²) < 4.78 is 12.8. The second-order valence-electron chi connectivity index (χ2n) is 3.49. The number of aromatic nitrogens is 1. The highest BCUT2D eigenvalue weighted by molar-refractivity contribution is 6.20. The fourth-order valence-electron chi connectivity index (χ4n) is 1.26. The summed E-state index contributed by atoms with van der Waals surface area (Å²) in [6, 6.07) is 1.14. The van der Waals surface area contributed by atoms with E-state index in [1.54, 1.807) is 0 Å². The normalized spacial score (nSPS) is 12.2. The molecule has 0 bridgehead atoms. The summed E-state index contributed by atoms with van der Waals surface area (Å²) in [5.41, 5.74) is 0.209. The molecular weight excluding hydrogens is 231 g/mol. The zero-order chi connectivity index (χ0) is 12.0. The van der Waals surface area contributed by atoms with Crippen LogP contribution in [0.3, 0.4) is 0 Å². The van der Waals surface area contributed by atoms with Gasteiger partial charge in [-0.2, -0.15) is 0 Å². The lowest BCUT2D eigenvalue weighted by atomic mass is 10.2. The summed E-state index contributed by atoms with van der Waals surface area (Å²) >= 11 is 5.94. The molecule has 1 rings (SSSR count). The smallest absolute Gasteiger partial charge is 0.253 e. The molecule has 0 spiro atoms. The highest BCUT2D eigenvalue weighted by atomic mass is 35.5. The van der Waals surface area contributed by atoms with E-state index < -0.39 is 5.82 Å². The Bertz CT molecular complexity index is 360. The van der Waals surface area contributed by atoms with Crippen LogP contribution in [0.2, 0.25) is 0 Å². The van der Waals surface area contributed by atoms with E-state index in [-0.39, 0.29) is 16.8 Å². The fraction of sp³-hybridized carbons (Fsp3) is 0.455. The van der Waals surface area contributed by atoms with Gasteiger partial charge in [0.05, 0.1) is 17.1 Å². The van der Waals surface area contributed by atoms with Crippen molar-refractivity contribution in [1.82, 2.24) is 10.3 Å². The van der Waals surface area contributed by atoms with Gasteiger partial charge in [-0.05, 0) is 12.5 Å². The Morgan fingerprint density at radius 3 is 3.00 bits per heavy atom. The third kappa shape index (κ3) is 4.14. The van der Waals surface area contributed by atoms with Gasteiger partial charge in [-0.3, -0.25) is 9.78 Å². The van der Waals surface area contributed by atoms with Gasteiger partial charge in [0.1, 0.15) is 5.82 Å². The molecule has 0 aliphatic heterocycles. The average Bonchev–Trinajstić information content (AvgIpc) is 2.26. The van der Waals surface area contributed by atoms with Gasteiger partial charge in [-0.1, -0.05) is 13.3 Å². The van der Waals surface area contributed by atoms with Crippen LogP contribution in [0.5, 0.6) is 0 Å². The number of rotatable bonds is 5. The summed E-state index contributed by atoms with van der Waals surface area (Å²) in [5, 5.41) is 2.55. The van der Waals surface area contributed by atoms with Gasteiger partial charge < -0.3 is 5.32 Å². The molecule has 3 nitrogen and oxygen atoms in total. The van der Waals surface area contributed by atoms with E-state index >= 15 is 0 Å². The van der Waals surface area contributed by atoms with Crippen molar-refractivity contribution in [1.29, 1.82) is 0 Å². The largest absolute Gasteiger partial charge is 0.351 e. The number of alkyl halides is 1. The minimum absolute atomic E-state index is 0.0875. The minimum Gasteiger partial charge on any atom is -0.351 e. The van der Waals surface area contributed by atoms with Crippen LogP contribution >= 0.6 is 11.6 Å². The number of hydrogen-bond donors (Lipinski definition) is 1. The first kappa shape index (κ1) is 12.9. The van der Waals surface area contributed by atoms with Gasteiger partial charge in [0, 0.05) is 12.7 Å². The second-order valence-corrected chi connectivity index (χ2v) is 4.11. The van der Waals surface area contributed by atoms with E-state index in [9.17, 15) is 9.18 Å². The van der Waals surface area contributed by atoms with Gasteiger partial charge in [0.15, 0.2) is 0 Å². The average molecular weight is 245 g/mol. The van der Waals surface area contributed by atoms with Crippen LogP contribution in [0.25, 0.3) is 0 Å². The Balaban J connectivity index is 2.47. The van der Waals surface area contributed by atoms with E-state index in [1.165, 1.54) is 6.20 Å². The molecule has 1 unspecified atom stereocenters. The van der Waals surface area contributed by atoms with Crippen LogP contribution in [0, 0.1) is 5.82 Å². The lowest BCUT2D eigenvalue weighted by Gasteiger charge is -2.09. The van der Waals surface area contributed by atoms with Crippen molar-refractivity contribution < 1.29 is 9.18 Å². The molecule has 1 heterocycles. The Labute approximate surface area is 99.0 Å². The predicted molar refractivity (Wildman–Crippen MR) is 61.1 cm³/mol. The molecule has 0 radical (unpaired) electrons. The van der Waals surface area contributed by atoms with E-state index in [1.807, 2.05) is 6.92 Å². The van der Waals surface area contributed by atoms with E-state index in [2.05, 4.69) is 10.3 Å². The molecule has 0 aliphatic carbocycles. The zero-order valence-electron chi connectivity index (χ0n) is 9.04. The third-order valence-corrected chi connectivity index (χ3v) is 2.43. The van der Waals surface area contributed by atoms with Crippen molar-refractivity contribution in [3.8, 4) is 0 Å². The summed E-state index contributed by atoms with van der Waals surface area (Å²) in [4.78, 5) is 15.1. The Kier molecular flexibility index (Phi) is 5.19. The number of amides is 1. The molecule has 0 fully saturated rings. The molecule has 1 N–H and O–H groups in total. The number of pyridine rings is 1. The molecule has 0 saturated carbocycles. The van der Waals surface area contributed by atoms with Gasteiger partial charge in [0.2, 0.25) is 0 Å². The van der Waals surface area contributed by atoms with Crippen LogP contribution in [0.4, 0.5) is 4.39 Å². The fourth-order valence-corrected chi connectivity index (χ4v) is 1.55. The maximum absolute atomic E-state index is 12.8. The molecular formula is C11H14ClFN2O. The van der Waals surface area contributed by atoms with Crippen LogP contribution in [-0.2, 0) is 0 Å². The molecule has 1 aromatic heterocycles. The monoisotopic (exact) mass is 244 g/mol. The van der Waals surface area contributed by atoms with E-state index in [4.69, 9.17) is 11.6 Å². The van der Waals surface area contributed by atoms with Crippen LogP contribution in [0.1, 0.15) is 30.1 Å². The zero-order valence-corrected chi connectivity index (χ0v) is 9.80. The number of hydrogen-bond acceptors (Lipinski definition) is 2. The van der Waals surface area contributed by atoms with Gasteiger partial charge >= 0.3 is 0 Å². The van der Waals surface area contributed by atoms with E-state index in [0.717, 1.165) is 25.1 Å². The molecule has 0 saturated heterocycles. The summed E-state index contributed by atoms with van der Waals surface area (Å²) in [6.07, 6.45) is 4.18. The predicted octanol–water partition coefficient (Wildman–Crippen LogP) is 2.36. The molecule has 1 aromatic rings. The number of halogens is 2. The quantitative estimate of drug-likeness (QED) is 0.808. The van der Waals surface area contributed by atoms with Crippen molar-refractivity contribution >= 4 is 17.5 Å². The molecule has 16 heavy (non-hydrogen) atoms. The number of nitrogens with zero attached hydrogens (tertiary/aromatic N) is 1. The Morgan fingerprint density at radius 1 is 1.62 bits per heavy atom. The highest BCUT2D eigenvalue weighted by Gasteiger charge is 2.09. The first-order chi connectivity index (χ1) is 7.63. The van der Waals surface area contributed by atoms with Gasteiger partial charge in [-0.25, -0.2) is 4.39 Å². The Hall–Kier alpha value is -1.16. The Morgan fingerprint density at radius 2 is 2.38 bits per heavy atom. The molecule has 1 atom stereocenters. The van der Waals surface area contributed by atoms with Crippen LogP contribution < -0.4 is 5.32 Å². The lowest BCUT2D eigenvalue weighted by Crippen LogP contribution is -2.29. The molecule has 0 aromatic carbocycles. The van der Waals surface area contributed by atoms with Crippen molar-refractivity contribution in [3.05, 3.63) is 29.8 Å². The molecule has 1 amide bonds. The van der Waals surface area contributed by atoms with Gasteiger partial charge in [-0.15, -0.1) is 11.6 Å². The van der Waals surface area contributed by atoms with Crippen molar-refractivity contribution in [3.63, 3.8) is 0 Å². The first-order valence-corrected chi connectivity index (χ1v) is 5.60. The molecule has 5 heteroatoms. The summed E-state index contributed by atoms with van der Waals surface area (Å²) in [6.45, 7) is 2.40. The maximum atomic E-state index is 12.8. The van der Waals surface area contributed by atoms with E-state index in [0.29, 0.717) is 6.54 Å². The number of nitrogens with one attached hydrogen (secondary N) is 1. The minimum atomic E-state index is -0.524. The number of carbonyl (C=O) groups excluding carboxylic acids is 1. The maximum Gasteiger partial charge on any atom is 0.253 e. The molecule has 88 valence electrons. The summed E-state index contributed by atoms with van der Waals surface area (Å²) in [5.74, 6) is -0.877. The lowest BCUT2D eigenvalue weighted by molar-refractivity contribution is 0.0952. The number of carbonyl (C=O) groups is 1. The van der Waals surface area contributed by atoms with Gasteiger partial charge in [0.25, 0.3) is 5.91 Å². The van der Waals surface area contributed by atoms with Crippen molar-refractivity contribution in [2.45, 2.75) is 25.1 Å². The highest BCUT2D eigenvalue weighted by Crippen LogP contribution is 2.04. The standard InChI is InChI=1S/C11H14ClFN2O/c1-2-3-9(12)6-15-11(16)8-4-10(13)7-14-5-8/h4-5,7,9H,2-3,6H2,1H3,(H,15,16). The summed E-state index contributed by atoms with van der Waals surface area (Å²) in [7, 11) is 0. The molecule has 0 aliphatic rings. The van der Waals surface area contributed by atoms with Crippen molar-refractivity contribution in [2.24, 2.45) is 0 Å². The van der Waals surface area contributed by atoms with Crippen LogP contribution in [-0.4, -0.2) is 22.8 Å². The topological polar surface area (TPSA) is 42.0 Å². The van der Waals surface area contributed by atoms with Crippen LogP contribution in [0.15, 0.2) is 18.5 Å². The third-order valence-electron chi connectivity index (χ3n) is 2.05. The van der Waals surface area contributed by atoms with Crippen molar-refractivity contribution in [2.75, 3.05) is 6.54 Å².